The van der Waals surface area contributed by atoms with Gasteiger partial charge in [-0.05, 0) is 32.6 Å². The van der Waals surface area contributed by atoms with E-state index in [1.807, 2.05) is 11.3 Å². The molecule has 1 atom stereocenters. The maximum atomic E-state index is 4.71. The average molecular weight is 238 g/mol. The van der Waals surface area contributed by atoms with Crippen molar-refractivity contribution in [3.8, 4) is 0 Å². The van der Waals surface area contributed by atoms with Gasteiger partial charge in [-0.15, -0.1) is 11.3 Å². The highest BCUT2D eigenvalue weighted by Gasteiger charge is 2.37. The van der Waals surface area contributed by atoms with Crippen molar-refractivity contribution in [3.05, 3.63) is 16.1 Å². The van der Waals surface area contributed by atoms with Crippen molar-refractivity contribution in [2.45, 2.75) is 64.5 Å². The molecule has 3 heteroatoms. The summed E-state index contributed by atoms with van der Waals surface area (Å²) in [7, 11) is 0. The van der Waals surface area contributed by atoms with Crippen molar-refractivity contribution in [1.82, 2.24) is 10.3 Å². The molecule has 0 saturated heterocycles. The van der Waals surface area contributed by atoms with Gasteiger partial charge < -0.3 is 5.32 Å². The van der Waals surface area contributed by atoms with Crippen LogP contribution in [-0.2, 0) is 5.54 Å². The SMILES string of the molecule is CCCC(CC)(NC1CC1)c1nc(C)cs1. The molecule has 0 aliphatic heterocycles. The molecule has 1 N–H and O–H groups in total. The van der Waals surface area contributed by atoms with Crippen molar-refractivity contribution in [2.75, 3.05) is 0 Å². The molecule has 1 aliphatic rings. The second-order valence-electron chi connectivity index (χ2n) is 4.90. The number of hydrogen-bond acceptors (Lipinski definition) is 3. The molecule has 2 nitrogen and oxygen atoms in total. The van der Waals surface area contributed by atoms with Gasteiger partial charge in [0.1, 0.15) is 5.01 Å². The molecule has 1 saturated carbocycles. The molecule has 0 radical (unpaired) electrons. The fourth-order valence-electron chi connectivity index (χ4n) is 2.29. The Morgan fingerprint density at radius 3 is 2.69 bits per heavy atom. The minimum Gasteiger partial charge on any atom is -0.303 e. The largest absolute Gasteiger partial charge is 0.303 e. The van der Waals surface area contributed by atoms with Crippen LogP contribution in [0.15, 0.2) is 5.38 Å². The Morgan fingerprint density at radius 2 is 2.25 bits per heavy atom. The van der Waals surface area contributed by atoms with Crippen LogP contribution in [0.1, 0.15) is 56.7 Å². The van der Waals surface area contributed by atoms with Crippen LogP contribution in [-0.4, -0.2) is 11.0 Å². The highest BCUT2D eigenvalue weighted by molar-refractivity contribution is 7.09. The smallest absolute Gasteiger partial charge is 0.113 e. The van der Waals surface area contributed by atoms with Gasteiger partial charge in [0.05, 0.1) is 5.54 Å². The van der Waals surface area contributed by atoms with Crippen molar-refractivity contribution in [1.29, 1.82) is 0 Å². The molecule has 1 fully saturated rings. The van der Waals surface area contributed by atoms with Crippen molar-refractivity contribution < 1.29 is 0 Å². The molecule has 0 spiro atoms. The number of aromatic nitrogens is 1. The van der Waals surface area contributed by atoms with Gasteiger partial charge in [-0.25, -0.2) is 4.98 Å². The molecular formula is C13H22N2S. The zero-order chi connectivity index (χ0) is 11.6. The summed E-state index contributed by atoms with van der Waals surface area (Å²) >= 11 is 1.82. The Bertz CT molecular complexity index is 343. The zero-order valence-electron chi connectivity index (χ0n) is 10.5. The minimum atomic E-state index is 0.148. The van der Waals surface area contributed by atoms with Crippen LogP contribution in [0, 0.1) is 6.92 Å². The van der Waals surface area contributed by atoms with Gasteiger partial charge in [0.2, 0.25) is 0 Å². The lowest BCUT2D eigenvalue weighted by Gasteiger charge is -2.32. The molecule has 1 aromatic rings. The first-order chi connectivity index (χ1) is 7.70. The number of thiazole rings is 1. The van der Waals surface area contributed by atoms with Crippen LogP contribution in [0.4, 0.5) is 0 Å². The van der Waals surface area contributed by atoms with Gasteiger partial charge in [0, 0.05) is 17.1 Å². The summed E-state index contributed by atoms with van der Waals surface area (Å²) < 4.78 is 0. The van der Waals surface area contributed by atoms with Gasteiger partial charge in [0.25, 0.3) is 0 Å². The molecule has 1 heterocycles. The first kappa shape index (κ1) is 12.1. The highest BCUT2D eigenvalue weighted by atomic mass is 32.1. The van der Waals surface area contributed by atoms with Crippen LogP contribution >= 0.6 is 11.3 Å². The summed E-state index contributed by atoms with van der Waals surface area (Å²) in [5.41, 5.74) is 1.31. The maximum absolute atomic E-state index is 4.71. The second-order valence-corrected chi connectivity index (χ2v) is 5.76. The quantitative estimate of drug-likeness (QED) is 0.819. The van der Waals surface area contributed by atoms with E-state index in [9.17, 15) is 0 Å². The molecular weight excluding hydrogens is 216 g/mol. The molecule has 0 aromatic carbocycles. The minimum absolute atomic E-state index is 0.148. The van der Waals surface area contributed by atoms with Crippen LogP contribution < -0.4 is 5.32 Å². The Balaban J connectivity index is 2.22. The number of rotatable bonds is 6. The lowest BCUT2D eigenvalue weighted by molar-refractivity contribution is 0.289. The summed E-state index contributed by atoms with van der Waals surface area (Å²) in [4.78, 5) is 4.71. The lowest BCUT2D eigenvalue weighted by atomic mass is 9.91. The van der Waals surface area contributed by atoms with Gasteiger partial charge in [-0.3, -0.25) is 0 Å². The predicted octanol–water partition coefficient (Wildman–Crippen LogP) is 3.61. The van der Waals surface area contributed by atoms with E-state index >= 15 is 0 Å². The predicted molar refractivity (Wildman–Crippen MR) is 69.9 cm³/mol. The topological polar surface area (TPSA) is 24.9 Å². The van der Waals surface area contributed by atoms with Crippen LogP contribution in [0.3, 0.4) is 0 Å². The van der Waals surface area contributed by atoms with E-state index in [0.717, 1.165) is 18.2 Å². The van der Waals surface area contributed by atoms with Crippen LogP contribution in [0.25, 0.3) is 0 Å². The number of aryl methyl sites for hydroxylation is 1. The van der Waals surface area contributed by atoms with E-state index in [4.69, 9.17) is 4.98 Å². The Kier molecular flexibility index (Phi) is 3.65. The summed E-state index contributed by atoms with van der Waals surface area (Å²) in [6.07, 6.45) is 6.25. The normalized spacial score (nSPS) is 19.7. The van der Waals surface area contributed by atoms with E-state index in [-0.39, 0.29) is 5.54 Å². The van der Waals surface area contributed by atoms with Crippen molar-refractivity contribution in [2.24, 2.45) is 0 Å². The summed E-state index contributed by atoms with van der Waals surface area (Å²) in [5.74, 6) is 0. The van der Waals surface area contributed by atoms with Crippen molar-refractivity contribution in [3.63, 3.8) is 0 Å². The number of hydrogen-bond donors (Lipinski definition) is 1. The molecule has 1 aromatic heterocycles. The first-order valence-electron chi connectivity index (χ1n) is 6.40. The first-order valence-corrected chi connectivity index (χ1v) is 7.28. The third-order valence-corrected chi connectivity index (χ3v) is 4.53. The lowest BCUT2D eigenvalue weighted by Crippen LogP contribution is -2.43. The highest BCUT2D eigenvalue weighted by Crippen LogP contribution is 2.36. The van der Waals surface area contributed by atoms with Crippen LogP contribution in [0.5, 0.6) is 0 Å². The molecule has 90 valence electrons. The second kappa shape index (κ2) is 4.84. The molecule has 1 unspecified atom stereocenters. The Hall–Kier alpha value is -0.410. The maximum Gasteiger partial charge on any atom is 0.113 e. The van der Waals surface area contributed by atoms with E-state index in [1.54, 1.807) is 0 Å². The Labute approximate surface area is 102 Å². The van der Waals surface area contributed by atoms with E-state index in [1.165, 1.54) is 30.7 Å². The van der Waals surface area contributed by atoms with Gasteiger partial charge in [-0.1, -0.05) is 20.3 Å². The third kappa shape index (κ3) is 2.46. The molecule has 0 bridgehead atoms. The monoisotopic (exact) mass is 238 g/mol. The van der Waals surface area contributed by atoms with E-state index in [0.29, 0.717) is 0 Å². The summed E-state index contributed by atoms with van der Waals surface area (Å²) in [5, 5.41) is 7.30. The van der Waals surface area contributed by atoms with Gasteiger partial charge in [0.15, 0.2) is 0 Å². The van der Waals surface area contributed by atoms with Crippen LogP contribution in [0.2, 0.25) is 0 Å². The molecule has 1 aliphatic carbocycles. The third-order valence-electron chi connectivity index (χ3n) is 3.37. The summed E-state index contributed by atoms with van der Waals surface area (Å²) in [6.45, 7) is 6.63. The summed E-state index contributed by atoms with van der Waals surface area (Å²) in [6, 6.07) is 0.746. The molecule has 16 heavy (non-hydrogen) atoms. The standard InChI is InChI=1S/C13H22N2S/c1-4-8-13(5-2,15-11-6-7-11)12-14-10(3)9-16-12/h9,11,15H,4-8H2,1-3H3. The zero-order valence-corrected chi connectivity index (χ0v) is 11.4. The number of nitrogens with one attached hydrogen (secondary N) is 1. The van der Waals surface area contributed by atoms with E-state index < -0.39 is 0 Å². The fourth-order valence-corrected chi connectivity index (χ4v) is 3.35. The Morgan fingerprint density at radius 1 is 1.50 bits per heavy atom. The van der Waals surface area contributed by atoms with Crippen molar-refractivity contribution >= 4 is 11.3 Å². The van der Waals surface area contributed by atoms with E-state index in [2.05, 4.69) is 31.5 Å². The van der Waals surface area contributed by atoms with Gasteiger partial charge >= 0.3 is 0 Å². The molecule has 2 rings (SSSR count). The number of nitrogens with zero attached hydrogens (tertiary/aromatic N) is 1. The molecule has 0 amide bonds. The van der Waals surface area contributed by atoms with Gasteiger partial charge in [-0.2, -0.15) is 0 Å². The fraction of sp³-hybridized carbons (Fsp3) is 0.769. The average Bonchev–Trinajstić information content (AvgIpc) is 2.97.